The highest BCUT2D eigenvalue weighted by Crippen LogP contribution is 2.27. The zero-order chi connectivity index (χ0) is 26.6. The number of guanidine groups is 1. The molecule has 6 N–H and O–H groups in total. The van der Waals surface area contributed by atoms with Gasteiger partial charge in [0.2, 0.25) is 0 Å². The summed E-state index contributed by atoms with van der Waals surface area (Å²) >= 11 is 0. The number of hydrogen-bond donors (Lipinski definition) is 4. The van der Waals surface area contributed by atoms with Crippen molar-refractivity contribution >= 4 is 44.4 Å². The number of aliphatic imine (C=N–C) groups is 1. The van der Waals surface area contributed by atoms with Gasteiger partial charge in [0.05, 0.1) is 10.6 Å². The molecule has 1 atom stereocenters. The van der Waals surface area contributed by atoms with Gasteiger partial charge in [-0.15, -0.1) is 0 Å². The van der Waals surface area contributed by atoms with Crippen LogP contribution in [0, 0.1) is 0 Å². The molecule has 0 spiro atoms. The number of nitrogens with two attached hydrogens (primary N) is 2. The molecule has 1 aliphatic rings. The molecule has 2 amide bonds. The predicted octanol–water partition coefficient (Wildman–Crippen LogP) is 1.46. The fourth-order valence-corrected chi connectivity index (χ4v) is 5.80. The number of carboxylic acid groups (broad SMARTS) is 1. The highest BCUT2D eigenvalue weighted by Gasteiger charge is 2.42. The maximum atomic E-state index is 14.0. The summed E-state index contributed by atoms with van der Waals surface area (Å²) in [6.45, 7) is 1.42. The molecule has 194 valence electrons. The van der Waals surface area contributed by atoms with Crippen LogP contribution in [0.4, 0.5) is 10.5 Å². The number of urea groups is 1. The number of fused-ring (bicyclic) bond motifs is 1. The number of carboxylic acids is 1. The second kappa shape index (κ2) is 10.8. The standard InChI is InChI=1S/C25H28N6O5S/c26-24(27)29-20-7-3-4-17(14-20)15-22(23(32)33)31(25(34)30-12-10-28-11-13-30)37(35,36)21-9-8-18-5-1-2-6-19(18)16-21/h1-9,14,16,22,28H,10-13,15H2,(H,32,33)(H4,26,27,29)/t22-/m0/s1. The fourth-order valence-electron chi connectivity index (χ4n) is 4.24. The number of nitrogens with zero attached hydrogens (tertiary/aromatic N) is 3. The predicted molar refractivity (Wildman–Crippen MR) is 140 cm³/mol. The molecule has 12 heteroatoms. The summed E-state index contributed by atoms with van der Waals surface area (Å²) < 4.78 is 28.4. The normalized spacial score (nSPS) is 14.6. The molecule has 0 aromatic heterocycles. The van der Waals surface area contributed by atoms with E-state index in [0.717, 1.165) is 5.39 Å². The SMILES string of the molecule is NC(N)=Nc1cccc(C[C@@H](C(=O)O)N(C(=O)N2CCNCC2)S(=O)(=O)c2ccc3ccccc3c2)c1. The average molecular weight is 525 g/mol. The Balaban J connectivity index is 1.79. The topological polar surface area (TPSA) is 171 Å². The zero-order valence-electron chi connectivity index (χ0n) is 19.9. The first-order valence-electron chi connectivity index (χ1n) is 11.6. The third-order valence-electron chi connectivity index (χ3n) is 6.02. The summed E-state index contributed by atoms with van der Waals surface area (Å²) in [5.74, 6) is -1.64. The van der Waals surface area contributed by atoms with Crippen LogP contribution in [0.25, 0.3) is 10.8 Å². The lowest BCUT2D eigenvalue weighted by molar-refractivity contribution is -0.140. The van der Waals surface area contributed by atoms with Crippen molar-refractivity contribution in [1.82, 2.24) is 14.5 Å². The van der Waals surface area contributed by atoms with Crippen molar-refractivity contribution in [1.29, 1.82) is 0 Å². The second-order valence-corrected chi connectivity index (χ2v) is 10.4. The van der Waals surface area contributed by atoms with E-state index in [-0.39, 0.29) is 30.4 Å². The number of carbonyl (C=O) groups is 2. The first-order valence-corrected chi connectivity index (χ1v) is 13.0. The Labute approximate surface area is 214 Å². The van der Waals surface area contributed by atoms with Crippen LogP contribution in [-0.4, -0.2) is 72.9 Å². The highest BCUT2D eigenvalue weighted by molar-refractivity contribution is 7.89. The molecule has 37 heavy (non-hydrogen) atoms. The largest absolute Gasteiger partial charge is 0.480 e. The van der Waals surface area contributed by atoms with E-state index in [1.807, 2.05) is 12.1 Å². The number of aliphatic carboxylic acids is 1. The number of benzene rings is 3. The smallest absolute Gasteiger partial charge is 0.334 e. The molecule has 4 rings (SSSR count). The number of nitrogens with one attached hydrogen (secondary N) is 1. The van der Waals surface area contributed by atoms with Crippen LogP contribution in [0.1, 0.15) is 5.56 Å². The number of carbonyl (C=O) groups excluding carboxylic acids is 1. The maximum Gasteiger partial charge on any atom is 0.334 e. The van der Waals surface area contributed by atoms with Crippen LogP contribution in [-0.2, 0) is 21.2 Å². The van der Waals surface area contributed by atoms with Crippen molar-refractivity contribution < 1.29 is 23.1 Å². The number of piperazine rings is 1. The lowest BCUT2D eigenvalue weighted by Gasteiger charge is -2.35. The van der Waals surface area contributed by atoms with Crippen LogP contribution < -0.4 is 16.8 Å². The van der Waals surface area contributed by atoms with Gasteiger partial charge in [0.1, 0.15) is 0 Å². The minimum atomic E-state index is -4.56. The van der Waals surface area contributed by atoms with E-state index in [9.17, 15) is 23.1 Å². The molecule has 0 saturated carbocycles. The first-order chi connectivity index (χ1) is 17.7. The van der Waals surface area contributed by atoms with Crippen molar-refractivity contribution in [2.24, 2.45) is 16.5 Å². The molecule has 1 heterocycles. The molecule has 0 unspecified atom stereocenters. The van der Waals surface area contributed by atoms with Gasteiger partial charge in [0.25, 0.3) is 10.0 Å². The molecule has 1 fully saturated rings. The van der Waals surface area contributed by atoms with E-state index in [2.05, 4.69) is 10.3 Å². The maximum absolute atomic E-state index is 14.0. The Hall–Kier alpha value is -4.16. The molecular weight excluding hydrogens is 496 g/mol. The summed E-state index contributed by atoms with van der Waals surface area (Å²) in [5.41, 5.74) is 11.7. The zero-order valence-corrected chi connectivity index (χ0v) is 20.8. The van der Waals surface area contributed by atoms with Gasteiger partial charge in [-0.25, -0.2) is 27.3 Å². The lowest BCUT2D eigenvalue weighted by atomic mass is 10.1. The molecular formula is C25H28N6O5S. The molecule has 0 radical (unpaired) electrons. The van der Waals surface area contributed by atoms with Gasteiger partial charge in [-0.1, -0.05) is 42.5 Å². The molecule has 3 aromatic carbocycles. The van der Waals surface area contributed by atoms with Gasteiger partial charge in [-0.3, -0.25) is 0 Å². The Morgan fingerprint density at radius 1 is 1.00 bits per heavy atom. The third kappa shape index (κ3) is 5.81. The van der Waals surface area contributed by atoms with Crippen LogP contribution >= 0.6 is 0 Å². The minimum absolute atomic E-state index is 0.171. The van der Waals surface area contributed by atoms with Gasteiger partial charge in [-0.05, 0) is 40.6 Å². The van der Waals surface area contributed by atoms with Gasteiger partial charge in [0.15, 0.2) is 12.0 Å². The van der Waals surface area contributed by atoms with Crippen molar-refractivity contribution in [3.8, 4) is 0 Å². The van der Waals surface area contributed by atoms with Crippen molar-refractivity contribution in [3.05, 3.63) is 72.3 Å². The van der Waals surface area contributed by atoms with Gasteiger partial charge in [-0.2, -0.15) is 0 Å². The number of rotatable bonds is 7. The monoisotopic (exact) mass is 524 g/mol. The lowest BCUT2D eigenvalue weighted by Crippen LogP contribution is -2.57. The van der Waals surface area contributed by atoms with E-state index in [4.69, 9.17) is 11.5 Å². The van der Waals surface area contributed by atoms with Gasteiger partial charge in [0, 0.05) is 32.6 Å². The number of amides is 2. The Bertz CT molecular complexity index is 1450. The van der Waals surface area contributed by atoms with E-state index in [1.165, 1.54) is 17.0 Å². The Kier molecular flexibility index (Phi) is 7.60. The molecule has 11 nitrogen and oxygen atoms in total. The van der Waals surface area contributed by atoms with Crippen molar-refractivity contribution in [2.75, 3.05) is 26.2 Å². The molecule has 1 aliphatic heterocycles. The molecule has 3 aromatic rings. The molecule has 0 bridgehead atoms. The van der Waals surface area contributed by atoms with E-state index < -0.39 is 28.1 Å². The van der Waals surface area contributed by atoms with E-state index in [0.29, 0.717) is 34.0 Å². The molecule has 0 aliphatic carbocycles. The summed E-state index contributed by atoms with van der Waals surface area (Å²) in [7, 11) is -4.56. The minimum Gasteiger partial charge on any atom is -0.480 e. The Morgan fingerprint density at radius 3 is 2.38 bits per heavy atom. The number of sulfonamides is 1. The summed E-state index contributed by atoms with van der Waals surface area (Å²) in [6, 6.07) is 15.4. The van der Waals surface area contributed by atoms with E-state index >= 15 is 0 Å². The number of hydrogen-bond acceptors (Lipinski definition) is 6. The summed E-state index contributed by atoms with van der Waals surface area (Å²) in [4.78, 5) is 31.3. The van der Waals surface area contributed by atoms with E-state index in [1.54, 1.807) is 42.5 Å². The highest BCUT2D eigenvalue weighted by atomic mass is 32.2. The van der Waals surface area contributed by atoms with Gasteiger partial charge >= 0.3 is 12.0 Å². The van der Waals surface area contributed by atoms with Crippen molar-refractivity contribution in [3.63, 3.8) is 0 Å². The van der Waals surface area contributed by atoms with Crippen LogP contribution in [0.2, 0.25) is 0 Å². The average Bonchev–Trinajstić information content (AvgIpc) is 2.88. The quantitative estimate of drug-likeness (QED) is 0.266. The van der Waals surface area contributed by atoms with Gasteiger partial charge < -0.3 is 26.8 Å². The summed E-state index contributed by atoms with van der Waals surface area (Å²) in [6.07, 6.45) is -0.284. The van der Waals surface area contributed by atoms with Crippen LogP contribution in [0.15, 0.2) is 76.6 Å². The fraction of sp³-hybridized carbons (Fsp3) is 0.240. The van der Waals surface area contributed by atoms with Crippen LogP contribution in [0.5, 0.6) is 0 Å². The first kappa shape index (κ1) is 25.9. The Morgan fingerprint density at radius 2 is 1.70 bits per heavy atom. The third-order valence-corrected chi connectivity index (χ3v) is 7.80. The summed E-state index contributed by atoms with van der Waals surface area (Å²) in [5, 5.41) is 14.8. The second-order valence-electron chi connectivity index (χ2n) is 8.59. The van der Waals surface area contributed by atoms with Crippen molar-refractivity contribution in [2.45, 2.75) is 17.4 Å². The molecule has 1 saturated heterocycles. The van der Waals surface area contributed by atoms with Crippen LogP contribution in [0.3, 0.4) is 0 Å².